The van der Waals surface area contributed by atoms with Gasteiger partial charge in [0.1, 0.15) is 5.92 Å². The lowest BCUT2D eigenvalue weighted by Gasteiger charge is -2.22. The summed E-state index contributed by atoms with van der Waals surface area (Å²) in [5, 5.41) is 15.5. The average molecular weight is 279 g/mol. The van der Waals surface area contributed by atoms with Crippen molar-refractivity contribution in [2.45, 2.75) is 6.42 Å². The van der Waals surface area contributed by atoms with E-state index in [1.165, 1.54) is 18.2 Å². The maximum Gasteiger partial charge on any atom is 0.272 e. The Balaban J connectivity index is 2.26. The van der Waals surface area contributed by atoms with Crippen LogP contribution in [0.2, 0.25) is 0 Å². The number of hydrogen-bond donors (Lipinski definition) is 2. The molecular formula is C11H9N3O4S. The highest BCUT2D eigenvalue weighted by atomic mass is 32.1. The van der Waals surface area contributed by atoms with Gasteiger partial charge in [-0.05, 0) is 18.6 Å². The molecule has 1 aliphatic rings. The van der Waals surface area contributed by atoms with Crippen molar-refractivity contribution >= 4 is 34.8 Å². The third-order valence-electron chi connectivity index (χ3n) is 2.72. The van der Waals surface area contributed by atoms with Crippen molar-refractivity contribution in [1.82, 2.24) is 10.6 Å². The van der Waals surface area contributed by atoms with Crippen LogP contribution in [0.4, 0.5) is 5.69 Å². The topological polar surface area (TPSA) is 101 Å². The van der Waals surface area contributed by atoms with Gasteiger partial charge in [-0.15, -0.1) is 0 Å². The van der Waals surface area contributed by atoms with Crippen LogP contribution in [0.15, 0.2) is 24.3 Å². The molecule has 7 nitrogen and oxygen atoms in total. The predicted octanol–water partition coefficient (Wildman–Crippen LogP) is 0.284. The van der Waals surface area contributed by atoms with Crippen molar-refractivity contribution in [2.24, 2.45) is 5.92 Å². The average Bonchev–Trinajstić information content (AvgIpc) is 2.34. The first kappa shape index (κ1) is 13.1. The lowest BCUT2D eigenvalue weighted by atomic mass is 9.95. The second-order valence-electron chi connectivity index (χ2n) is 3.95. The van der Waals surface area contributed by atoms with Crippen LogP contribution in [0.5, 0.6) is 0 Å². The molecule has 1 aromatic carbocycles. The summed E-state index contributed by atoms with van der Waals surface area (Å²) in [7, 11) is 0. The van der Waals surface area contributed by atoms with Gasteiger partial charge in [-0.3, -0.25) is 19.7 Å². The molecule has 0 radical (unpaired) electrons. The number of carbonyl (C=O) groups excluding carboxylic acids is 2. The molecule has 0 aliphatic carbocycles. The van der Waals surface area contributed by atoms with E-state index in [4.69, 9.17) is 0 Å². The molecule has 1 fully saturated rings. The van der Waals surface area contributed by atoms with Crippen molar-refractivity contribution < 1.29 is 14.5 Å². The predicted molar refractivity (Wildman–Crippen MR) is 69.2 cm³/mol. The highest BCUT2D eigenvalue weighted by Crippen LogP contribution is 2.22. The summed E-state index contributed by atoms with van der Waals surface area (Å²) in [6.45, 7) is 0. The monoisotopic (exact) mass is 279 g/mol. The second kappa shape index (κ2) is 5.11. The van der Waals surface area contributed by atoms with Gasteiger partial charge in [-0.25, -0.2) is 0 Å². The van der Waals surface area contributed by atoms with Crippen molar-refractivity contribution in [1.29, 1.82) is 0 Å². The van der Waals surface area contributed by atoms with E-state index in [0.717, 1.165) is 0 Å². The molecule has 2 amide bonds. The number of hydrogen-bond acceptors (Lipinski definition) is 5. The summed E-state index contributed by atoms with van der Waals surface area (Å²) in [5.74, 6) is -2.12. The summed E-state index contributed by atoms with van der Waals surface area (Å²) < 4.78 is 0. The first-order valence-corrected chi connectivity index (χ1v) is 5.78. The van der Waals surface area contributed by atoms with E-state index in [2.05, 4.69) is 22.9 Å². The van der Waals surface area contributed by atoms with Gasteiger partial charge in [-0.2, -0.15) is 0 Å². The van der Waals surface area contributed by atoms with Crippen molar-refractivity contribution in [3.63, 3.8) is 0 Å². The van der Waals surface area contributed by atoms with E-state index in [-0.39, 0.29) is 17.2 Å². The van der Waals surface area contributed by atoms with Crippen LogP contribution in [-0.4, -0.2) is 21.9 Å². The van der Waals surface area contributed by atoms with Gasteiger partial charge in [0.2, 0.25) is 11.8 Å². The number of rotatable bonds is 3. The smallest absolute Gasteiger partial charge is 0.272 e. The molecule has 1 aromatic rings. The third kappa shape index (κ3) is 2.74. The van der Waals surface area contributed by atoms with Crippen molar-refractivity contribution in [3.8, 4) is 0 Å². The van der Waals surface area contributed by atoms with E-state index in [0.29, 0.717) is 5.56 Å². The molecule has 1 heterocycles. The second-order valence-corrected chi connectivity index (χ2v) is 4.36. The Labute approximate surface area is 113 Å². The molecule has 19 heavy (non-hydrogen) atoms. The fourth-order valence-corrected chi connectivity index (χ4v) is 2.02. The first-order valence-electron chi connectivity index (χ1n) is 5.37. The Morgan fingerprint density at radius 2 is 1.79 bits per heavy atom. The van der Waals surface area contributed by atoms with E-state index in [1.54, 1.807) is 6.07 Å². The number of amides is 2. The number of benzene rings is 1. The minimum atomic E-state index is -1.02. The fraction of sp³-hybridized carbons (Fsp3) is 0.182. The fourth-order valence-electron chi connectivity index (χ4n) is 1.82. The molecule has 1 aliphatic heterocycles. The SMILES string of the molecule is O=C1NC(=S)NC(=O)C1Cc1ccccc1[N+](=O)[O-]. The largest absolute Gasteiger partial charge is 0.302 e. The number of nitrogens with one attached hydrogen (secondary N) is 2. The summed E-state index contributed by atoms with van der Waals surface area (Å²) in [4.78, 5) is 33.7. The molecule has 2 N–H and O–H groups in total. The van der Waals surface area contributed by atoms with Crippen LogP contribution in [0.3, 0.4) is 0 Å². The van der Waals surface area contributed by atoms with Gasteiger partial charge >= 0.3 is 0 Å². The van der Waals surface area contributed by atoms with E-state index >= 15 is 0 Å². The van der Waals surface area contributed by atoms with Crippen LogP contribution in [0.1, 0.15) is 5.56 Å². The maximum absolute atomic E-state index is 11.7. The van der Waals surface area contributed by atoms with E-state index in [1.807, 2.05) is 0 Å². The molecule has 0 aromatic heterocycles. The maximum atomic E-state index is 11.7. The van der Waals surface area contributed by atoms with Crippen LogP contribution < -0.4 is 10.6 Å². The zero-order valence-electron chi connectivity index (χ0n) is 9.58. The molecule has 0 atom stereocenters. The van der Waals surface area contributed by atoms with E-state index in [9.17, 15) is 19.7 Å². The normalized spacial score (nSPS) is 15.9. The Bertz CT molecular complexity index is 567. The lowest BCUT2D eigenvalue weighted by molar-refractivity contribution is -0.385. The quantitative estimate of drug-likeness (QED) is 0.358. The number of nitrogens with zero attached hydrogens (tertiary/aromatic N) is 1. The van der Waals surface area contributed by atoms with Gasteiger partial charge in [0, 0.05) is 11.6 Å². The Kier molecular flexibility index (Phi) is 3.52. The van der Waals surface area contributed by atoms with Crippen LogP contribution >= 0.6 is 12.2 Å². The molecule has 0 bridgehead atoms. The molecule has 1 saturated heterocycles. The summed E-state index contributed by atoms with van der Waals surface area (Å²) >= 11 is 4.67. The minimum absolute atomic E-state index is 0.0442. The van der Waals surface area contributed by atoms with Crippen molar-refractivity contribution in [3.05, 3.63) is 39.9 Å². The molecule has 0 spiro atoms. The summed E-state index contributed by atoms with van der Waals surface area (Å²) in [6.07, 6.45) is -0.0442. The molecule has 0 unspecified atom stereocenters. The molecule has 98 valence electrons. The van der Waals surface area contributed by atoms with Crippen LogP contribution in [-0.2, 0) is 16.0 Å². The van der Waals surface area contributed by atoms with Crippen molar-refractivity contribution in [2.75, 3.05) is 0 Å². The zero-order chi connectivity index (χ0) is 14.0. The minimum Gasteiger partial charge on any atom is -0.302 e. The Morgan fingerprint density at radius 1 is 1.21 bits per heavy atom. The third-order valence-corrected chi connectivity index (χ3v) is 2.92. The van der Waals surface area contributed by atoms with Gasteiger partial charge in [0.25, 0.3) is 5.69 Å². The Hall–Kier alpha value is -2.35. The molecular weight excluding hydrogens is 270 g/mol. The van der Waals surface area contributed by atoms with Gasteiger partial charge < -0.3 is 10.6 Å². The Morgan fingerprint density at radius 3 is 2.37 bits per heavy atom. The number of nitro benzene ring substituents is 1. The van der Waals surface area contributed by atoms with E-state index < -0.39 is 22.7 Å². The number of para-hydroxylation sites is 1. The first-order chi connectivity index (χ1) is 8.99. The summed E-state index contributed by atoms with van der Waals surface area (Å²) in [6, 6.07) is 5.99. The summed E-state index contributed by atoms with van der Waals surface area (Å²) in [5.41, 5.74) is 0.215. The number of carbonyl (C=O) groups is 2. The highest BCUT2D eigenvalue weighted by molar-refractivity contribution is 7.80. The number of thiocarbonyl (C=S) groups is 1. The molecule has 0 saturated carbocycles. The van der Waals surface area contributed by atoms with Gasteiger partial charge in [-0.1, -0.05) is 18.2 Å². The van der Waals surface area contributed by atoms with Gasteiger partial charge in [0.05, 0.1) is 4.92 Å². The van der Waals surface area contributed by atoms with Gasteiger partial charge in [0.15, 0.2) is 5.11 Å². The van der Waals surface area contributed by atoms with Crippen LogP contribution in [0.25, 0.3) is 0 Å². The molecule has 2 rings (SSSR count). The standard InChI is InChI=1S/C11H9N3O4S/c15-9-7(10(16)13-11(19)12-9)5-6-3-1-2-4-8(6)14(17)18/h1-4,7H,5H2,(H2,12,13,15,16,19). The molecule has 8 heteroatoms. The lowest BCUT2D eigenvalue weighted by Crippen LogP contribution is -2.56. The number of nitro groups is 1. The zero-order valence-corrected chi connectivity index (χ0v) is 10.4. The van der Waals surface area contributed by atoms with Crippen LogP contribution in [0, 0.1) is 16.0 Å². The highest BCUT2D eigenvalue weighted by Gasteiger charge is 2.34.